The van der Waals surface area contributed by atoms with Gasteiger partial charge in [0.1, 0.15) is 11.9 Å². The highest BCUT2D eigenvalue weighted by atomic mass is 16.5. The van der Waals surface area contributed by atoms with Crippen molar-refractivity contribution in [2.75, 3.05) is 13.1 Å². The summed E-state index contributed by atoms with van der Waals surface area (Å²) in [4.78, 5) is 43.5. The second kappa shape index (κ2) is 8.82. The Hall–Kier alpha value is -3.68. The van der Waals surface area contributed by atoms with Crippen LogP contribution in [0.3, 0.4) is 0 Å². The molecule has 2 aromatic carbocycles. The molecule has 0 saturated carbocycles. The number of ether oxygens (including phenoxy) is 1. The van der Waals surface area contributed by atoms with Crippen LogP contribution in [0.5, 0.6) is 0 Å². The SMILES string of the molecule is CCn1c(C)nc2cc(C(=O)N3C[C@H](CC(N)=O)[C@H](OC(=O)c4ccccc4)C3)ccc21. The van der Waals surface area contributed by atoms with E-state index in [-0.39, 0.29) is 31.3 Å². The molecular weight excluding hydrogens is 408 g/mol. The number of amides is 2. The Balaban J connectivity index is 1.54. The summed E-state index contributed by atoms with van der Waals surface area (Å²) in [5.74, 6) is -0.631. The second-order valence-electron chi connectivity index (χ2n) is 8.06. The van der Waals surface area contributed by atoms with Crippen LogP contribution in [0.15, 0.2) is 48.5 Å². The van der Waals surface area contributed by atoms with Crippen LogP contribution in [-0.4, -0.2) is 51.4 Å². The third kappa shape index (κ3) is 4.21. The zero-order chi connectivity index (χ0) is 22.8. The fraction of sp³-hybridized carbons (Fsp3) is 0.333. The van der Waals surface area contributed by atoms with Gasteiger partial charge in [0.15, 0.2) is 0 Å². The van der Waals surface area contributed by atoms with Crippen molar-refractivity contribution in [2.45, 2.75) is 32.9 Å². The number of imidazole rings is 1. The van der Waals surface area contributed by atoms with Crippen LogP contribution in [0.2, 0.25) is 0 Å². The van der Waals surface area contributed by atoms with Gasteiger partial charge >= 0.3 is 5.97 Å². The van der Waals surface area contributed by atoms with Crippen molar-refractivity contribution in [1.29, 1.82) is 0 Å². The fourth-order valence-corrected chi connectivity index (χ4v) is 4.34. The number of benzene rings is 2. The van der Waals surface area contributed by atoms with Crippen molar-refractivity contribution in [3.8, 4) is 0 Å². The predicted molar refractivity (Wildman–Crippen MR) is 119 cm³/mol. The Labute approximate surface area is 186 Å². The zero-order valence-corrected chi connectivity index (χ0v) is 18.2. The summed E-state index contributed by atoms with van der Waals surface area (Å²) < 4.78 is 7.76. The number of nitrogens with zero attached hydrogens (tertiary/aromatic N) is 3. The minimum absolute atomic E-state index is 0.0374. The van der Waals surface area contributed by atoms with Crippen LogP contribution in [0.25, 0.3) is 11.0 Å². The molecule has 1 fully saturated rings. The molecule has 2 atom stereocenters. The van der Waals surface area contributed by atoms with E-state index in [0.717, 1.165) is 23.4 Å². The van der Waals surface area contributed by atoms with Crippen molar-refractivity contribution < 1.29 is 19.1 Å². The third-order valence-electron chi connectivity index (χ3n) is 5.90. The summed E-state index contributed by atoms with van der Waals surface area (Å²) in [6.45, 7) is 5.27. The van der Waals surface area contributed by atoms with Gasteiger partial charge in [0.2, 0.25) is 5.91 Å². The lowest BCUT2D eigenvalue weighted by Gasteiger charge is -2.17. The molecule has 4 rings (SSSR count). The summed E-state index contributed by atoms with van der Waals surface area (Å²) in [7, 11) is 0. The maximum absolute atomic E-state index is 13.2. The Morgan fingerprint density at radius 1 is 1.09 bits per heavy atom. The molecule has 0 unspecified atom stereocenters. The molecule has 2 amide bonds. The summed E-state index contributed by atoms with van der Waals surface area (Å²) in [6, 6.07) is 14.1. The van der Waals surface area contributed by atoms with Gasteiger partial charge in [0, 0.05) is 31.0 Å². The number of likely N-dealkylation sites (tertiary alicyclic amines) is 1. The molecule has 2 N–H and O–H groups in total. The van der Waals surface area contributed by atoms with Crippen LogP contribution in [0.1, 0.15) is 39.9 Å². The van der Waals surface area contributed by atoms with Crippen molar-refractivity contribution in [2.24, 2.45) is 11.7 Å². The minimum atomic E-state index is -0.607. The monoisotopic (exact) mass is 434 g/mol. The van der Waals surface area contributed by atoms with E-state index in [1.54, 1.807) is 41.3 Å². The molecule has 8 heteroatoms. The van der Waals surface area contributed by atoms with E-state index < -0.39 is 18.0 Å². The lowest BCUT2D eigenvalue weighted by atomic mass is 10.0. The number of aryl methyl sites for hydroxylation is 2. The Bertz CT molecular complexity index is 1170. The topological polar surface area (TPSA) is 108 Å². The Kier molecular flexibility index (Phi) is 5.94. The molecule has 1 aliphatic rings. The Morgan fingerprint density at radius 3 is 2.53 bits per heavy atom. The van der Waals surface area contributed by atoms with Crippen LogP contribution in [0, 0.1) is 12.8 Å². The van der Waals surface area contributed by atoms with Gasteiger partial charge in [0.25, 0.3) is 5.91 Å². The maximum atomic E-state index is 13.2. The number of esters is 1. The molecule has 3 aromatic rings. The van der Waals surface area contributed by atoms with Crippen molar-refractivity contribution in [3.05, 3.63) is 65.5 Å². The summed E-state index contributed by atoms with van der Waals surface area (Å²) >= 11 is 0. The first-order valence-electron chi connectivity index (χ1n) is 10.7. The van der Waals surface area contributed by atoms with Gasteiger partial charge in [0.05, 0.1) is 23.1 Å². The van der Waals surface area contributed by atoms with Crippen molar-refractivity contribution >= 4 is 28.8 Å². The molecule has 166 valence electrons. The van der Waals surface area contributed by atoms with Gasteiger partial charge in [-0.25, -0.2) is 9.78 Å². The van der Waals surface area contributed by atoms with Gasteiger partial charge in [-0.3, -0.25) is 9.59 Å². The molecule has 32 heavy (non-hydrogen) atoms. The Morgan fingerprint density at radius 2 is 1.84 bits per heavy atom. The average molecular weight is 434 g/mol. The smallest absolute Gasteiger partial charge is 0.338 e. The largest absolute Gasteiger partial charge is 0.457 e. The molecule has 0 spiro atoms. The first-order valence-corrected chi connectivity index (χ1v) is 10.7. The number of carbonyl (C=O) groups is 3. The highest BCUT2D eigenvalue weighted by Gasteiger charge is 2.39. The molecule has 8 nitrogen and oxygen atoms in total. The van der Waals surface area contributed by atoms with Crippen LogP contribution in [-0.2, 0) is 16.1 Å². The third-order valence-corrected chi connectivity index (χ3v) is 5.90. The van der Waals surface area contributed by atoms with E-state index >= 15 is 0 Å². The first kappa shape index (κ1) is 21.5. The molecule has 1 saturated heterocycles. The van der Waals surface area contributed by atoms with Crippen LogP contribution < -0.4 is 5.73 Å². The second-order valence-corrected chi connectivity index (χ2v) is 8.06. The van der Waals surface area contributed by atoms with E-state index in [9.17, 15) is 14.4 Å². The normalized spacial score (nSPS) is 18.1. The molecule has 0 bridgehead atoms. The number of fused-ring (bicyclic) bond motifs is 1. The molecular formula is C24H26N4O4. The number of aromatic nitrogens is 2. The number of nitrogens with two attached hydrogens (primary N) is 1. The van der Waals surface area contributed by atoms with Crippen molar-refractivity contribution in [1.82, 2.24) is 14.5 Å². The van der Waals surface area contributed by atoms with Gasteiger partial charge in [-0.2, -0.15) is 0 Å². The van der Waals surface area contributed by atoms with Crippen LogP contribution >= 0.6 is 0 Å². The average Bonchev–Trinajstić information content (AvgIpc) is 3.32. The minimum Gasteiger partial charge on any atom is -0.457 e. The van der Waals surface area contributed by atoms with E-state index in [1.807, 2.05) is 26.0 Å². The number of hydrogen-bond acceptors (Lipinski definition) is 5. The fourth-order valence-electron chi connectivity index (χ4n) is 4.34. The highest BCUT2D eigenvalue weighted by Crippen LogP contribution is 2.27. The van der Waals surface area contributed by atoms with E-state index in [4.69, 9.17) is 10.5 Å². The molecule has 0 aliphatic carbocycles. The molecule has 1 aliphatic heterocycles. The quantitative estimate of drug-likeness (QED) is 0.600. The maximum Gasteiger partial charge on any atom is 0.338 e. The van der Waals surface area contributed by atoms with Gasteiger partial charge in [-0.15, -0.1) is 0 Å². The van der Waals surface area contributed by atoms with Gasteiger partial charge in [-0.1, -0.05) is 18.2 Å². The van der Waals surface area contributed by atoms with Crippen molar-refractivity contribution in [3.63, 3.8) is 0 Å². The highest BCUT2D eigenvalue weighted by molar-refractivity contribution is 5.98. The zero-order valence-electron chi connectivity index (χ0n) is 18.2. The summed E-state index contributed by atoms with van der Waals surface area (Å²) in [5.41, 5.74) is 8.07. The number of primary amides is 1. The van der Waals surface area contributed by atoms with E-state index in [0.29, 0.717) is 11.1 Å². The van der Waals surface area contributed by atoms with Gasteiger partial charge < -0.3 is 19.9 Å². The molecule has 1 aromatic heterocycles. The number of carbonyl (C=O) groups excluding carboxylic acids is 3. The number of hydrogen-bond donors (Lipinski definition) is 1. The first-order chi connectivity index (χ1) is 15.4. The summed E-state index contributed by atoms with van der Waals surface area (Å²) in [6.07, 6.45) is -0.570. The predicted octanol–water partition coefficient (Wildman–Crippen LogP) is 2.54. The van der Waals surface area contributed by atoms with Crippen LogP contribution in [0.4, 0.5) is 0 Å². The molecule has 0 radical (unpaired) electrons. The lowest BCUT2D eigenvalue weighted by Crippen LogP contribution is -2.31. The lowest BCUT2D eigenvalue weighted by molar-refractivity contribution is -0.119. The summed E-state index contributed by atoms with van der Waals surface area (Å²) in [5, 5.41) is 0. The molecule has 2 heterocycles. The standard InChI is InChI=1S/C24H26N4O4/c1-3-28-15(2)26-19-11-17(9-10-20(19)28)23(30)27-13-18(12-22(25)29)21(14-27)32-24(31)16-7-5-4-6-8-16/h4-11,18,21H,3,12-14H2,1-2H3,(H2,25,29)/t18-,21+/m0/s1. The van der Waals surface area contributed by atoms with Gasteiger partial charge in [-0.05, 0) is 44.2 Å². The van der Waals surface area contributed by atoms with E-state index in [2.05, 4.69) is 9.55 Å². The number of rotatable bonds is 6. The van der Waals surface area contributed by atoms with E-state index in [1.165, 1.54) is 0 Å².